The fourth-order valence-electron chi connectivity index (χ4n) is 2.42. The van der Waals surface area contributed by atoms with E-state index in [2.05, 4.69) is 44.0 Å². The summed E-state index contributed by atoms with van der Waals surface area (Å²) in [6.07, 6.45) is 5.43. The van der Waals surface area contributed by atoms with Crippen molar-refractivity contribution in [2.75, 3.05) is 11.9 Å². The van der Waals surface area contributed by atoms with Crippen molar-refractivity contribution in [3.63, 3.8) is 0 Å². The Balaban J connectivity index is 2.20. The average Bonchev–Trinajstić information content (AvgIpc) is 2.91. The molecule has 1 atom stereocenters. The molecular formula is C17H24N2O. The first kappa shape index (κ1) is 14.7. The third kappa shape index (κ3) is 3.64. The second-order valence-corrected chi connectivity index (χ2v) is 5.49. The van der Waals surface area contributed by atoms with Gasteiger partial charge >= 0.3 is 0 Å². The van der Waals surface area contributed by atoms with Crippen LogP contribution < -0.4 is 10.6 Å². The summed E-state index contributed by atoms with van der Waals surface area (Å²) in [5, 5.41) is 0. The van der Waals surface area contributed by atoms with Gasteiger partial charge in [-0.1, -0.05) is 24.6 Å². The van der Waals surface area contributed by atoms with E-state index in [1.165, 1.54) is 22.4 Å². The fourth-order valence-corrected chi connectivity index (χ4v) is 2.42. The van der Waals surface area contributed by atoms with Crippen LogP contribution in [0.2, 0.25) is 0 Å². The van der Waals surface area contributed by atoms with Gasteiger partial charge in [-0.25, -0.2) is 0 Å². The SMILES string of the molecule is CCC(N)Cc1cc(C)ccc1N(C)Cc1ccoc1. The molecule has 0 saturated heterocycles. The number of furan rings is 1. The number of hydrogen-bond donors (Lipinski definition) is 1. The van der Waals surface area contributed by atoms with Crippen LogP contribution in [0.25, 0.3) is 0 Å². The molecule has 3 nitrogen and oxygen atoms in total. The van der Waals surface area contributed by atoms with E-state index in [-0.39, 0.29) is 6.04 Å². The molecule has 1 aromatic carbocycles. The zero-order valence-corrected chi connectivity index (χ0v) is 12.6. The van der Waals surface area contributed by atoms with Crippen molar-refractivity contribution >= 4 is 5.69 Å². The number of nitrogens with zero attached hydrogens (tertiary/aromatic N) is 1. The maximum absolute atomic E-state index is 6.13. The van der Waals surface area contributed by atoms with Gasteiger partial charge in [0.25, 0.3) is 0 Å². The average molecular weight is 272 g/mol. The summed E-state index contributed by atoms with van der Waals surface area (Å²) in [7, 11) is 2.11. The van der Waals surface area contributed by atoms with Gasteiger partial charge in [0.2, 0.25) is 0 Å². The predicted molar refractivity (Wildman–Crippen MR) is 84.0 cm³/mol. The van der Waals surface area contributed by atoms with Gasteiger partial charge in [0.05, 0.1) is 12.5 Å². The van der Waals surface area contributed by atoms with Crippen molar-refractivity contribution in [2.45, 2.75) is 39.3 Å². The molecule has 1 heterocycles. The molecule has 2 N–H and O–H groups in total. The van der Waals surface area contributed by atoms with Gasteiger partial charge in [0.15, 0.2) is 0 Å². The van der Waals surface area contributed by atoms with E-state index >= 15 is 0 Å². The zero-order valence-electron chi connectivity index (χ0n) is 12.6. The second kappa shape index (κ2) is 6.62. The molecule has 0 aliphatic heterocycles. The van der Waals surface area contributed by atoms with Gasteiger partial charge in [-0.05, 0) is 37.5 Å². The first-order chi connectivity index (χ1) is 9.60. The molecule has 3 heteroatoms. The first-order valence-electron chi connectivity index (χ1n) is 7.17. The lowest BCUT2D eigenvalue weighted by molar-refractivity contribution is 0.563. The van der Waals surface area contributed by atoms with Crippen LogP contribution in [0.4, 0.5) is 5.69 Å². The van der Waals surface area contributed by atoms with Crippen molar-refractivity contribution in [1.29, 1.82) is 0 Å². The Morgan fingerprint density at radius 3 is 2.75 bits per heavy atom. The maximum Gasteiger partial charge on any atom is 0.0952 e. The minimum absolute atomic E-state index is 0.220. The van der Waals surface area contributed by atoms with E-state index in [1.807, 2.05) is 6.07 Å². The van der Waals surface area contributed by atoms with E-state index < -0.39 is 0 Å². The topological polar surface area (TPSA) is 42.4 Å². The minimum Gasteiger partial charge on any atom is -0.472 e. The van der Waals surface area contributed by atoms with Gasteiger partial charge in [0, 0.05) is 30.9 Å². The largest absolute Gasteiger partial charge is 0.472 e. The summed E-state index contributed by atoms with van der Waals surface area (Å²) in [4.78, 5) is 2.25. The van der Waals surface area contributed by atoms with Crippen molar-refractivity contribution in [2.24, 2.45) is 5.73 Å². The minimum atomic E-state index is 0.220. The Bertz CT molecular complexity index is 534. The van der Waals surface area contributed by atoms with Crippen molar-refractivity contribution in [1.82, 2.24) is 0 Å². The number of benzene rings is 1. The van der Waals surface area contributed by atoms with Crippen LogP contribution in [0, 0.1) is 6.92 Å². The summed E-state index contributed by atoms with van der Waals surface area (Å²) in [6, 6.07) is 8.81. The zero-order chi connectivity index (χ0) is 14.5. The van der Waals surface area contributed by atoms with E-state index in [0.29, 0.717) is 0 Å². The van der Waals surface area contributed by atoms with E-state index in [1.54, 1.807) is 12.5 Å². The molecular weight excluding hydrogens is 248 g/mol. The molecule has 0 aliphatic rings. The Kier molecular flexibility index (Phi) is 4.85. The third-order valence-corrected chi connectivity index (χ3v) is 3.65. The lowest BCUT2D eigenvalue weighted by atomic mass is 10.00. The molecule has 0 aliphatic carbocycles. The molecule has 2 rings (SSSR count). The van der Waals surface area contributed by atoms with Crippen LogP contribution in [0.3, 0.4) is 0 Å². The number of rotatable bonds is 6. The summed E-state index contributed by atoms with van der Waals surface area (Å²) in [6.45, 7) is 5.10. The molecule has 2 aromatic rings. The molecule has 108 valence electrons. The Hall–Kier alpha value is -1.74. The van der Waals surface area contributed by atoms with Gasteiger partial charge in [-0.3, -0.25) is 0 Å². The quantitative estimate of drug-likeness (QED) is 0.875. The molecule has 0 fully saturated rings. The van der Waals surface area contributed by atoms with E-state index in [4.69, 9.17) is 10.2 Å². The van der Waals surface area contributed by atoms with Gasteiger partial charge in [-0.15, -0.1) is 0 Å². The van der Waals surface area contributed by atoms with Crippen LogP contribution in [0.5, 0.6) is 0 Å². The van der Waals surface area contributed by atoms with Crippen LogP contribution in [0.1, 0.15) is 30.0 Å². The van der Waals surface area contributed by atoms with Crippen molar-refractivity contribution < 1.29 is 4.42 Å². The van der Waals surface area contributed by atoms with Crippen molar-refractivity contribution in [3.05, 3.63) is 53.5 Å². The highest BCUT2D eigenvalue weighted by Crippen LogP contribution is 2.24. The van der Waals surface area contributed by atoms with E-state index in [0.717, 1.165) is 19.4 Å². The number of anilines is 1. The summed E-state index contributed by atoms with van der Waals surface area (Å²) in [5.41, 5.74) is 11.2. The number of aryl methyl sites for hydroxylation is 1. The number of hydrogen-bond acceptors (Lipinski definition) is 3. The standard InChI is InChI=1S/C17H24N2O/c1-4-16(18)10-15-9-13(2)5-6-17(15)19(3)11-14-7-8-20-12-14/h5-9,12,16H,4,10-11,18H2,1-3H3. The summed E-state index contributed by atoms with van der Waals surface area (Å²) in [5.74, 6) is 0. The van der Waals surface area contributed by atoms with Crippen LogP contribution in [0.15, 0.2) is 41.2 Å². The Morgan fingerprint density at radius 2 is 2.10 bits per heavy atom. The highest BCUT2D eigenvalue weighted by molar-refractivity contribution is 5.55. The molecule has 1 unspecified atom stereocenters. The normalized spacial score (nSPS) is 12.4. The molecule has 20 heavy (non-hydrogen) atoms. The fraction of sp³-hybridized carbons (Fsp3) is 0.412. The van der Waals surface area contributed by atoms with Crippen molar-refractivity contribution in [3.8, 4) is 0 Å². The third-order valence-electron chi connectivity index (χ3n) is 3.65. The highest BCUT2D eigenvalue weighted by Gasteiger charge is 2.11. The second-order valence-electron chi connectivity index (χ2n) is 5.49. The highest BCUT2D eigenvalue weighted by atomic mass is 16.3. The Morgan fingerprint density at radius 1 is 1.30 bits per heavy atom. The molecule has 1 aromatic heterocycles. The van der Waals surface area contributed by atoms with Crippen LogP contribution >= 0.6 is 0 Å². The van der Waals surface area contributed by atoms with Crippen LogP contribution in [-0.4, -0.2) is 13.1 Å². The van der Waals surface area contributed by atoms with Crippen LogP contribution in [-0.2, 0) is 13.0 Å². The summed E-state index contributed by atoms with van der Waals surface area (Å²) >= 11 is 0. The molecule has 0 radical (unpaired) electrons. The predicted octanol–water partition coefficient (Wildman–Crippen LogP) is 3.50. The van der Waals surface area contributed by atoms with Gasteiger partial charge in [-0.2, -0.15) is 0 Å². The molecule has 0 bridgehead atoms. The number of nitrogens with two attached hydrogens (primary N) is 1. The van der Waals surface area contributed by atoms with Gasteiger partial charge < -0.3 is 15.1 Å². The smallest absolute Gasteiger partial charge is 0.0952 e. The van der Waals surface area contributed by atoms with E-state index in [9.17, 15) is 0 Å². The summed E-state index contributed by atoms with van der Waals surface area (Å²) < 4.78 is 5.14. The lowest BCUT2D eigenvalue weighted by Crippen LogP contribution is -2.24. The molecule has 0 spiro atoms. The first-order valence-corrected chi connectivity index (χ1v) is 7.17. The Labute approximate surface area is 121 Å². The maximum atomic E-state index is 6.13. The van der Waals surface area contributed by atoms with Gasteiger partial charge in [0.1, 0.15) is 0 Å². The lowest BCUT2D eigenvalue weighted by Gasteiger charge is -2.23. The molecule has 0 saturated carbocycles. The molecule has 0 amide bonds. The monoisotopic (exact) mass is 272 g/mol.